The number of rotatable bonds is 2. The largest absolute Gasteiger partial charge is 0.469 e. The summed E-state index contributed by atoms with van der Waals surface area (Å²) in [7, 11) is 1.49. The summed E-state index contributed by atoms with van der Waals surface area (Å²) < 4.78 is 4.81. The molecule has 0 heterocycles. The maximum Gasteiger partial charge on any atom is 0.311 e. The first-order chi connectivity index (χ1) is 5.66. The van der Waals surface area contributed by atoms with E-state index in [0.717, 1.165) is 24.6 Å². The highest BCUT2D eigenvalue weighted by Gasteiger charge is 2.64. The van der Waals surface area contributed by atoms with Crippen molar-refractivity contribution in [1.29, 1.82) is 0 Å². The van der Waals surface area contributed by atoms with Crippen molar-refractivity contribution in [2.24, 2.45) is 10.8 Å². The third kappa shape index (κ3) is 0.889. The lowest BCUT2D eigenvalue weighted by molar-refractivity contribution is -0.159. The van der Waals surface area contributed by atoms with Gasteiger partial charge in [0.15, 0.2) is 0 Å². The predicted molar refractivity (Wildman–Crippen MR) is 49.1 cm³/mol. The second-order valence-electron chi connectivity index (χ2n) is 4.26. The number of hydrogen-bond acceptors (Lipinski definition) is 2. The fourth-order valence-corrected chi connectivity index (χ4v) is 3.54. The van der Waals surface area contributed by atoms with E-state index in [4.69, 9.17) is 4.74 Å². The van der Waals surface area contributed by atoms with Crippen LogP contribution in [0.1, 0.15) is 25.7 Å². The van der Waals surface area contributed by atoms with Crippen LogP contribution in [0.5, 0.6) is 0 Å². The van der Waals surface area contributed by atoms with Crippen molar-refractivity contribution >= 4 is 21.9 Å². The van der Waals surface area contributed by atoms with Gasteiger partial charge in [-0.15, -0.1) is 0 Å². The fraction of sp³-hybridized carbons (Fsp3) is 0.889. The quantitative estimate of drug-likeness (QED) is 0.539. The number of esters is 1. The van der Waals surface area contributed by atoms with Gasteiger partial charge in [-0.2, -0.15) is 0 Å². The standard InChI is InChI=1S/C9H13BrO2/c1-12-7(11)9-3-2-8(4-9,5-9)6-10/h2-6H2,1H3. The van der Waals surface area contributed by atoms with Crippen molar-refractivity contribution in [3.8, 4) is 0 Å². The Balaban J connectivity index is 2.09. The molecule has 0 spiro atoms. The van der Waals surface area contributed by atoms with Crippen LogP contribution in [-0.4, -0.2) is 18.4 Å². The van der Waals surface area contributed by atoms with Crippen molar-refractivity contribution in [3.63, 3.8) is 0 Å². The normalized spacial score (nSPS) is 43.8. The molecule has 0 unspecified atom stereocenters. The summed E-state index contributed by atoms with van der Waals surface area (Å²) in [5.74, 6) is 0.0107. The van der Waals surface area contributed by atoms with Gasteiger partial charge < -0.3 is 4.74 Å². The molecule has 0 atom stereocenters. The van der Waals surface area contributed by atoms with Crippen LogP contribution >= 0.6 is 15.9 Å². The minimum Gasteiger partial charge on any atom is -0.469 e. The van der Waals surface area contributed by atoms with E-state index in [1.54, 1.807) is 0 Å². The molecule has 0 aromatic heterocycles. The molecular formula is C9H13BrO2. The van der Waals surface area contributed by atoms with Gasteiger partial charge >= 0.3 is 5.97 Å². The summed E-state index contributed by atoms with van der Waals surface area (Å²) in [5.41, 5.74) is 0.358. The molecule has 3 rings (SSSR count). The van der Waals surface area contributed by atoms with Crippen LogP contribution in [0.4, 0.5) is 0 Å². The number of halogens is 1. The molecular weight excluding hydrogens is 220 g/mol. The number of hydrogen-bond donors (Lipinski definition) is 0. The maximum atomic E-state index is 11.4. The molecule has 0 aromatic carbocycles. The first kappa shape index (κ1) is 8.54. The summed E-state index contributed by atoms with van der Waals surface area (Å²) >= 11 is 3.51. The van der Waals surface area contributed by atoms with Gasteiger partial charge in [0.2, 0.25) is 0 Å². The molecule has 3 aliphatic carbocycles. The van der Waals surface area contributed by atoms with Crippen LogP contribution in [0.2, 0.25) is 0 Å². The second-order valence-corrected chi connectivity index (χ2v) is 4.82. The Morgan fingerprint density at radius 1 is 1.50 bits per heavy atom. The molecule has 2 nitrogen and oxygen atoms in total. The van der Waals surface area contributed by atoms with E-state index >= 15 is 0 Å². The van der Waals surface area contributed by atoms with Gasteiger partial charge in [0.1, 0.15) is 0 Å². The smallest absolute Gasteiger partial charge is 0.311 e. The number of carbonyl (C=O) groups excluding carboxylic acids is 1. The molecule has 3 aliphatic rings. The van der Waals surface area contributed by atoms with Gasteiger partial charge in [-0.1, -0.05) is 15.9 Å². The Hall–Kier alpha value is -0.0500. The fourth-order valence-electron chi connectivity index (χ4n) is 2.87. The topological polar surface area (TPSA) is 26.3 Å². The Kier molecular flexibility index (Phi) is 1.76. The van der Waals surface area contributed by atoms with Crippen LogP contribution in [0, 0.1) is 10.8 Å². The summed E-state index contributed by atoms with van der Waals surface area (Å²) in [6, 6.07) is 0. The lowest BCUT2D eigenvalue weighted by Crippen LogP contribution is -2.44. The van der Waals surface area contributed by atoms with Crippen LogP contribution < -0.4 is 0 Å². The maximum absolute atomic E-state index is 11.4. The van der Waals surface area contributed by atoms with Crippen LogP contribution in [-0.2, 0) is 9.53 Å². The number of fused-ring (bicyclic) bond motifs is 1. The van der Waals surface area contributed by atoms with Crippen molar-refractivity contribution in [1.82, 2.24) is 0 Å². The van der Waals surface area contributed by atoms with Crippen LogP contribution in [0.3, 0.4) is 0 Å². The Morgan fingerprint density at radius 3 is 2.58 bits per heavy atom. The monoisotopic (exact) mass is 232 g/mol. The SMILES string of the molecule is COC(=O)C12CCC(CBr)(C1)C2. The lowest BCUT2D eigenvalue weighted by Gasteiger charge is -2.44. The van der Waals surface area contributed by atoms with Gasteiger partial charge in [0, 0.05) is 5.33 Å². The molecule has 3 heteroatoms. The highest BCUT2D eigenvalue weighted by atomic mass is 79.9. The van der Waals surface area contributed by atoms with Gasteiger partial charge in [0.05, 0.1) is 12.5 Å². The number of alkyl halides is 1. The summed E-state index contributed by atoms with van der Waals surface area (Å²) in [6.45, 7) is 0. The van der Waals surface area contributed by atoms with Gasteiger partial charge in [-0.25, -0.2) is 0 Å². The Labute approximate surface area is 80.8 Å². The predicted octanol–water partition coefficient (Wildman–Crippen LogP) is 2.11. The van der Waals surface area contributed by atoms with E-state index in [0.29, 0.717) is 5.41 Å². The summed E-state index contributed by atoms with van der Waals surface area (Å²) in [4.78, 5) is 11.4. The zero-order valence-corrected chi connectivity index (χ0v) is 8.82. The number of ether oxygens (including phenoxy) is 1. The van der Waals surface area contributed by atoms with Gasteiger partial charge in [-0.3, -0.25) is 4.79 Å². The molecule has 0 aliphatic heterocycles. The molecule has 0 radical (unpaired) electrons. The third-order valence-electron chi connectivity index (χ3n) is 3.46. The second kappa shape index (κ2) is 2.47. The minimum absolute atomic E-state index is 0.0107. The molecule has 12 heavy (non-hydrogen) atoms. The van der Waals surface area contributed by atoms with E-state index in [2.05, 4.69) is 15.9 Å². The highest BCUT2D eigenvalue weighted by Crippen LogP contribution is 2.67. The van der Waals surface area contributed by atoms with Crippen LogP contribution in [0.25, 0.3) is 0 Å². The van der Waals surface area contributed by atoms with E-state index in [9.17, 15) is 4.79 Å². The van der Waals surface area contributed by atoms with E-state index < -0.39 is 0 Å². The lowest BCUT2D eigenvalue weighted by atomic mass is 9.61. The highest BCUT2D eigenvalue weighted by molar-refractivity contribution is 9.09. The zero-order chi connectivity index (χ0) is 8.82. The molecule has 2 bridgehead atoms. The molecule has 0 N–H and O–H groups in total. The Morgan fingerprint density at radius 2 is 2.17 bits per heavy atom. The van der Waals surface area contributed by atoms with E-state index in [1.807, 2.05) is 0 Å². The van der Waals surface area contributed by atoms with E-state index in [1.165, 1.54) is 13.5 Å². The van der Waals surface area contributed by atoms with Gasteiger partial charge in [0.25, 0.3) is 0 Å². The van der Waals surface area contributed by atoms with Crippen LogP contribution in [0.15, 0.2) is 0 Å². The first-order valence-electron chi connectivity index (χ1n) is 4.31. The van der Waals surface area contributed by atoms with E-state index in [-0.39, 0.29) is 11.4 Å². The average molecular weight is 233 g/mol. The molecule has 0 saturated heterocycles. The van der Waals surface area contributed by atoms with Crippen molar-refractivity contribution < 1.29 is 9.53 Å². The summed E-state index contributed by atoms with van der Waals surface area (Å²) in [5, 5.41) is 1.04. The molecule has 3 fully saturated rings. The number of methoxy groups -OCH3 is 1. The molecule has 68 valence electrons. The van der Waals surface area contributed by atoms with Crippen molar-refractivity contribution in [3.05, 3.63) is 0 Å². The molecule has 3 saturated carbocycles. The van der Waals surface area contributed by atoms with Gasteiger partial charge in [-0.05, 0) is 31.1 Å². The van der Waals surface area contributed by atoms with Crippen molar-refractivity contribution in [2.45, 2.75) is 25.7 Å². The average Bonchev–Trinajstić information content (AvgIpc) is 2.57. The first-order valence-corrected chi connectivity index (χ1v) is 5.43. The third-order valence-corrected chi connectivity index (χ3v) is 4.65. The zero-order valence-electron chi connectivity index (χ0n) is 7.23. The number of carbonyl (C=O) groups is 1. The molecule has 0 aromatic rings. The Bertz CT molecular complexity index is 219. The minimum atomic E-state index is -0.0808. The van der Waals surface area contributed by atoms with Crippen molar-refractivity contribution in [2.75, 3.05) is 12.4 Å². The summed E-state index contributed by atoms with van der Waals surface area (Å²) in [6.07, 6.45) is 4.30. The molecule has 0 amide bonds.